The minimum absolute atomic E-state index is 0.103. The number of hydrogen-bond acceptors (Lipinski definition) is 1. The highest BCUT2D eigenvalue weighted by Gasteiger charge is 2.42. The highest BCUT2D eigenvalue weighted by molar-refractivity contribution is 6.09. The Morgan fingerprint density at radius 2 is 1.33 bits per heavy atom. The molecule has 0 saturated carbocycles. The van der Waals surface area contributed by atoms with Gasteiger partial charge in [0.15, 0.2) is 23.3 Å². The van der Waals surface area contributed by atoms with Gasteiger partial charge in [0.05, 0.1) is 0 Å². The molecule has 0 heterocycles. The lowest BCUT2D eigenvalue weighted by Gasteiger charge is -2.22. The third-order valence-electron chi connectivity index (χ3n) is 5.00. The SMILES string of the molecule is CC(C)(C)c1ccc(C(=O)Nc2c(F)c(F)c(C(F)(F)F)c(F)c2F)c(-c2ccccc2)c1. The van der Waals surface area contributed by atoms with Gasteiger partial charge in [-0.15, -0.1) is 0 Å². The summed E-state index contributed by atoms with van der Waals surface area (Å²) in [5.74, 6) is -11.2. The molecule has 0 bridgehead atoms. The minimum Gasteiger partial charge on any atom is -0.317 e. The quantitative estimate of drug-likeness (QED) is 0.313. The van der Waals surface area contributed by atoms with Gasteiger partial charge < -0.3 is 5.32 Å². The molecule has 3 rings (SSSR count). The smallest absolute Gasteiger partial charge is 0.317 e. The maximum absolute atomic E-state index is 14.3. The molecule has 2 nitrogen and oxygen atoms in total. The molecule has 0 atom stereocenters. The Bertz CT molecular complexity index is 1180. The molecule has 0 saturated heterocycles. The van der Waals surface area contributed by atoms with E-state index in [0.717, 1.165) is 5.56 Å². The molecule has 0 radical (unpaired) electrons. The normalized spacial score (nSPS) is 12.1. The Kier molecular flexibility index (Phi) is 6.28. The lowest BCUT2D eigenvalue weighted by atomic mass is 9.84. The van der Waals surface area contributed by atoms with Gasteiger partial charge in [0.2, 0.25) is 0 Å². The van der Waals surface area contributed by atoms with Crippen LogP contribution < -0.4 is 5.32 Å². The number of hydrogen-bond donors (Lipinski definition) is 1. The highest BCUT2D eigenvalue weighted by atomic mass is 19.4. The first-order valence-corrected chi connectivity index (χ1v) is 9.68. The summed E-state index contributed by atoms with van der Waals surface area (Å²) in [4.78, 5) is 12.9. The van der Waals surface area contributed by atoms with Crippen molar-refractivity contribution in [3.8, 4) is 11.1 Å². The van der Waals surface area contributed by atoms with Crippen molar-refractivity contribution in [1.29, 1.82) is 0 Å². The second-order valence-electron chi connectivity index (χ2n) is 8.33. The van der Waals surface area contributed by atoms with Crippen LogP contribution in [0.2, 0.25) is 0 Å². The van der Waals surface area contributed by atoms with E-state index in [0.29, 0.717) is 11.1 Å². The highest BCUT2D eigenvalue weighted by Crippen LogP contribution is 2.39. The van der Waals surface area contributed by atoms with E-state index in [4.69, 9.17) is 0 Å². The second kappa shape index (κ2) is 8.53. The van der Waals surface area contributed by atoms with Crippen molar-refractivity contribution in [2.75, 3.05) is 5.32 Å². The van der Waals surface area contributed by atoms with Crippen LogP contribution in [0.3, 0.4) is 0 Å². The van der Waals surface area contributed by atoms with Gasteiger partial charge in [-0.1, -0.05) is 57.2 Å². The fourth-order valence-electron chi connectivity index (χ4n) is 3.24. The van der Waals surface area contributed by atoms with E-state index >= 15 is 0 Å². The standard InChI is InChI=1S/C24H18F7NO/c1-23(2,3)13-9-10-14(15(11-13)12-7-5-4-6-8-12)22(33)32-21-19(27)17(25)16(24(29,30)31)18(26)20(21)28/h4-11H,1-3H3,(H,32,33). The maximum atomic E-state index is 14.3. The van der Waals surface area contributed by atoms with E-state index in [-0.39, 0.29) is 11.0 Å². The topological polar surface area (TPSA) is 29.1 Å². The molecule has 9 heteroatoms. The summed E-state index contributed by atoms with van der Waals surface area (Å²) in [6.45, 7) is 5.78. The molecular weight excluding hydrogens is 451 g/mol. The number of carbonyl (C=O) groups is 1. The van der Waals surface area contributed by atoms with E-state index < -0.39 is 46.6 Å². The molecule has 0 aliphatic rings. The average Bonchev–Trinajstić information content (AvgIpc) is 2.74. The average molecular weight is 469 g/mol. The van der Waals surface area contributed by atoms with E-state index in [1.165, 1.54) is 6.07 Å². The monoisotopic (exact) mass is 469 g/mol. The molecule has 1 amide bonds. The van der Waals surface area contributed by atoms with E-state index in [1.807, 2.05) is 20.8 Å². The Morgan fingerprint density at radius 3 is 1.82 bits per heavy atom. The number of amides is 1. The van der Waals surface area contributed by atoms with E-state index in [2.05, 4.69) is 0 Å². The summed E-state index contributed by atoms with van der Waals surface area (Å²) in [7, 11) is 0. The molecule has 0 unspecified atom stereocenters. The lowest BCUT2D eigenvalue weighted by Crippen LogP contribution is -2.21. The third kappa shape index (κ3) is 4.72. The van der Waals surface area contributed by atoms with Crippen molar-refractivity contribution in [2.24, 2.45) is 0 Å². The van der Waals surface area contributed by atoms with Crippen LogP contribution in [0.15, 0.2) is 48.5 Å². The number of carbonyl (C=O) groups excluding carboxylic acids is 1. The van der Waals surface area contributed by atoms with Crippen LogP contribution >= 0.6 is 0 Å². The third-order valence-corrected chi connectivity index (χ3v) is 5.00. The summed E-state index contributed by atoms with van der Waals surface area (Å²) < 4.78 is 94.8. The fraction of sp³-hybridized carbons (Fsp3) is 0.208. The molecule has 0 fully saturated rings. The van der Waals surface area contributed by atoms with Crippen molar-refractivity contribution in [3.63, 3.8) is 0 Å². The predicted molar refractivity (Wildman–Crippen MR) is 110 cm³/mol. The second-order valence-corrected chi connectivity index (χ2v) is 8.33. The van der Waals surface area contributed by atoms with E-state index in [1.54, 1.807) is 47.8 Å². The molecule has 0 aliphatic heterocycles. The zero-order valence-corrected chi connectivity index (χ0v) is 17.7. The summed E-state index contributed by atoms with van der Waals surface area (Å²) in [5.41, 5.74) is -3.04. The van der Waals surface area contributed by atoms with Crippen molar-refractivity contribution >= 4 is 11.6 Å². The number of rotatable bonds is 3. The summed E-state index contributed by atoms with van der Waals surface area (Å²) in [6, 6.07) is 13.1. The van der Waals surface area contributed by atoms with Crippen LogP contribution in [0.4, 0.5) is 36.4 Å². The van der Waals surface area contributed by atoms with Gasteiger partial charge in [0.1, 0.15) is 11.3 Å². The van der Waals surface area contributed by atoms with Crippen molar-refractivity contribution in [1.82, 2.24) is 0 Å². The first-order valence-electron chi connectivity index (χ1n) is 9.68. The van der Waals surface area contributed by atoms with Gasteiger partial charge in [-0.3, -0.25) is 4.79 Å². The largest absolute Gasteiger partial charge is 0.422 e. The number of alkyl halides is 3. The molecule has 174 valence electrons. The lowest BCUT2D eigenvalue weighted by molar-refractivity contribution is -0.143. The number of anilines is 1. The van der Waals surface area contributed by atoms with Gasteiger partial charge in [-0.2, -0.15) is 13.2 Å². The van der Waals surface area contributed by atoms with Crippen molar-refractivity contribution < 1.29 is 35.5 Å². The maximum Gasteiger partial charge on any atom is 0.422 e. The van der Waals surface area contributed by atoms with Crippen molar-refractivity contribution in [3.05, 3.63) is 88.5 Å². The van der Waals surface area contributed by atoms with Gasteiger partial charge in [-0.25, -0.2) is 17.6 Å². The zero-order valence-electron chi connectivity index (χ0n) is 17.7. The minimum atomic E-state index is -5.68. The molecule has 3 aromatic carbocycles. The van der Waals surface area contributed by atoms with Crippen LogP contribution in [0.25, 0.3) is 11.1 Å². The van der Waals surface area contributed by atoms with Crippen LogP contribution in [0.1, 0.15) is 42.3 Å². The number of halogens is 7. The first kappa shape index (κ1) is 24.3. The predicted octanol–water partition coefficient (Wildman–Crippen LogP) is 7.48. The Labute approximate surface area is 185 Å². The number of benzene rings is 3. The summed E-state index contributed by atoms with van der Waals surface area (Å²) >= 11 is 0. The molecule has 1 N–H and O–H groups in total. The molecular formula is C24H18F7NO. The summed E-state index contributed by atoms with van der Waals surface area (Å²) in [6.07, 6.45) is -5.68. The summed E-state index contributed by atoms with van der Waals surface area (Å²) in [5, 5.41) is 1.69. The first-order chi connectivity index (χ1) is 15.2. The van der Waals surface area contributed by atoms with Gasteiger partial charge >= 0.3 is 6.18 Å². The van der Waals surface area contributed by atoms with Crippen LogP contribution in [-0.4, -0.2) is 5.91 Å². The zero-order chi connectivity index (χ0) is 24.7. The molecule has 3 aromatic rings. The van der Waals surface area contributed by atoms with Crippen molar-refractivity contribution in [2.45, 2.75) is 32.4 Å². The van der Waals surface area contributed by atoms with Gasteiger partial charge in [-0.05, 0) is 34.2 Å². The number of nitrogens with one attached hydrogen (secondary N) is 1. The molecule has 0 aliphatic carbocycles. The Hall–Kier alpha value is -3.36. The Balaban J connectivity index is 2.13. The molecule has 0 aromatic heterocycles. The molecule has 33 heavy (non-hydrogen) atoms. The molecule has 0 spiro atoms. The van der Waals surface area contributed by atoms with Crippen LogP contribution in [-0.2, 0) is 11.6 Å². The van der Waals surface area contributed by atoms with Crippen LogP contribution in [0, 0.1) is 23.3 Å². The fourth-order valence-corrected chi connectivity index (χ4v) is 3.24. The van der Waals surface area contributed by atoms with E-state index in [9.17, 15) is 35.5 Å². The van der Waals surface area contributed by atoms with Gasteiger partial charge in [0.25, 0.3) is 5.91 Å². The van der Waals surface area contributed by atoms with Crippen LogP contribution in [0.5, 0.6) is 0 Å². The van der Waals surface area contributed by atoms with Gasteiger partial charge in [0, 0.05) is 5.56 Å². The Morgan fingerprint density at radius 1 is 0.788 bits per heavy atom.